The van der Waals surface area contributed by atoms with Gasteiger partial charge in [-0.15, -0.1) is 0 Å². The van der Waals surface area contributed by atoms with Gasteiger partial charge in [0.1, 0.15) is 0 Å². The van der Waals surface area contributed by atoms with Gasteiger partial charge in [0, 0.05) is 26.0 Å². The van der Waals surface area contributed by atoms with Crippen molar-refractivity contribution in [2.75, 3.05) is 19.5 Å². The Balaban J connectivity index is 2.41. The molecule has 114 valence electrons. The zero-order valence-corrected chi connectivity index (χ0v) is 13.7. The standard InChI is InChI=1S/C16H22N2O2S/c1-12(2)11-21-16-17-14-8-5-4-7-13(14)15(19)18(16)9-6-10-20-3/h4-5,7-8,12H,6,9-11H2,1-3H3. The average Bonchev–Trinajstić information content (AvgIpc) is 2.48. The van der Waals surface area contributed by atoms with Gasteiger partial charge in [-0.25, -0.2) is 4.98 Å². The van der Waals surface area contributed by atoms with Gasteiger partial charge in [-0.05, 0) is 24.5 Å². The van der Waals surface area contributed by atoms with Gasteiger partial charge in [-0.1, -0.05) is 37.7 Å². The molecule has 0 N–H and O–H groups in total. The summed E-state index contributed by atoms with van der Waals surface area (Å²) in [4.78, 5) is 17.3. The van der Waals surface area contributed by atoms with E-state index in [4.69, 9.17) is 4.74 Å². The molecule has 0 bridgehead atoms. The van der Waals surface area contributed by atoms with Gasteiger partial charge >= 0.3 is 0 Å². The van der Waals surface area contributed by atoms with Crippen LogP contribution in [0.4, 0.5) is 0 Å². The highest BCUT2D eigenvalue weighted by Gasteiger charge is 2.11. The summed E-state index contributed by atoms with van der Waals surface area (Å²) in [5.74, 6) is 1.51. The Morgan fingerprint density at radius 3 is 2.81 bits per heavy atom. The van der Waals surface area contributed by atoms with Gasteiger partial charge in [-0.3, -0.25) is 9.36 Å². The Bertz CT molecular complexity index is 652. The lowest BCUT2D eigenvalue weighted by atomic mass is 10.2. The molecule has 2 aromatic rings. The highest BCUT2D eigenvalue weighted by Crippen LogP contribution is 2.20. The van der Waals surface area contributed by atoms with E-state index in [0.717, 1.165) is 22.8 Å². The van der Waals surface area contributed by atoms with Crippen LogP contribution in [0, 0.1) is 5.92 Å². The second kappa shape index (κ2) is 7.61. The summed E-state index contributed by atoms with van der Waals surface area (Å²) in [6, 6.07) is 7.54. The summed E-state index contributed by atoms with van der Waals surface area (Å²) >= 11 is 1.65. The van der Waals surface area contributed by atoms with Crippen molar-refractivity contribution in [3.8, 4) is 0 Å². The van der Waals surface area contributed by atoms with Gasteiger partial charge < -0.3 is 4.74 Å². The van der Waals surface area contributed by atoms with Crippen molar-refractivity contribution in [2.24, 2.45) is 5.92 Å². The number of rotatable bonds is 7. The van der Waals surface area contributed by atoms with Crippen molar-refractivity contribution in [3.05, 3.63) is 34.6 Å². The van der Waals surface area contributed by atoms with Crippen molar-refractivity contribution in [1.82, 2.24) is 9.55 Å². The predicted octanol–water partition coefficient (Wildman–Crippen LogP) is 3.18. The van der Waals surface area contributed by atoms with Gasteiger partial charge in [0.2, 0.25) is 0 Å². The number of fused-ring (bicyclic) bond motifs is 1. The molecule has 0 saturated heterocycles. The van der Waals surface area contributed by atoms with Crippen molar-refractivity contribution in [3.63, 3.8) is 0 Å². The van der Waals surface area contributed by atoms with Crippen LogP contribution in [-0.4, -0.2) is 29.0 Å². The molecule has 5 heteroatoms. The molecule has 0 atom stereocenters. The minimum atomic E-state index is 0.0444. The first kappa shape index (κ1) is 16.0. The highest BCUT2D eigenvalue weighted by atomic mass is 32.2. The first-order valence-corrected chi connectivity index (χ1v) is 8.23. The van der Waals surface area contributed by atoms with Crippen LogP contribution in [0.3, 0.4) is 0 Å². The lowest BCUT2D eigenvalue weighted by Crippen LogP contribution is -2.24. The summed E-state index contributed by atoms with van der Waals surface area (Å²) in [6.45, 7) is 5.63. The fourth-order valence-electron chi connectivity index (χ4n) is 2.06. The molecule has 2 rings (SSSR count). The Hall–Kier alpha value is -1.33. The quantitative estimate of drug-likeness (QED) is 0.448. The molecule has 1 aromatic carbocycles. The van der Waals surface area contributed by atoms with E-state index in [-0.39, 0.29) is 5.56 Å². The first-order valence-electron chi connectivity index (χ1n) is 7.24. The Morgan fingerprint density at radius 1 is 1.33 bits per heavy atom. The summed E-state index contributed by atoms with van der Waals surface area (Å²) in [5.41, 5.74) is 0.819. The zero-order chi connectivity index (χ0) is 15.2. The average molecular weight is 306 g/mol. The van der Waals surface area contributed by atoms with Crippen LogP contribution >= 0.6 is 11.8 Å². The van der Waals surface area contributed by atoms with E-state index >= 15 is 0 Å². The molecule has 0 aliphatic rings. The van der Waals surface area contributed by atoms with Crippen LogP contribution in [0.2, 0.25) is 0 Å². The number of ether oxygens (including phenoxy) is 1. The van der Waals surface area contributed by atoms with Crippen LogP contribution in [0.15, 0.2) is 34.2 Å². The molecule has 21 heavy (non-hydrogen) atoms. The first-order chi connectivity index (χ1) is 10.1. The second-order valence-corrected chi connectivity index (χ2v) is 6.41. The molecule has 0 aliphatic carbocycles. The van der Waals surface area contributed by atoms with E-state index in [9.17, 15) is 4.79 Å². The van der Waals surface area contributed by atoms with Crippen LogP contribution in [0.5, 0.6) is 0 Å². The number of methoxy groups -OCH3 is 1. The monoisotopic (exact) mass is 306 g/mol. The van der Waals surface area contributed by atoms with Gasteiger partial charge in [0.25, 0.3) is 5.56 Å². The molecular weight excluding hydrogens is 284 g/mol. The van der Waals surface area contributed by atoms with E-state index in [1.807, 2.05) is 24.3 Å². The highest BCUT2D eigenvalue weighted by molar-refractivity contribution is 7.99. The van der Waals surface area contributed by atoms with Crippen LogP contribution in [0.25, 0.3) is 10.9 Å². The maximum atomic E-state index is 12.7. The van der Waals surface area contributed by atoms with Gasteiger partial charge in [0.05, 0.1) is 10.9 Å². The molecule has 0 unspecified atom stereocenters. The fraction of sp³-hybridized carbons (Fsp3) is 0.500. The fourth-order valence-corrected chi connectivity index (χ4v) is 3.04. The molecule has 0 radical (unpaired) electrons. The maximum absolute atomic E-state index is 12.7. The molecular formula is C16H22N2O2S. The topological polar surface area (TPSA) is 44.1 Å². The second-order valence-electron chi connectivity index (χ2n) is 5.42. The summed E-state index contributed by atoms with van der Waals surface area (Å²) < 4.78 is 6.87. The Labute approximate surface area is 129 Å². The van der Waals surface area contributed by atoms with E-state index in [1.54, 1.807) is 23.4 Å². The third-order valence-corrected chi connectivity index (χ3v) is 4.51. The number of hydrogen-bond acceptors (Lipinski definition) is 4. The number of nitrogens with zero attached hydrogens (tertiary/aromatic N) is 2. The molecule has 0 aliphatic heterocycles. The molecule has 0 spiro atoms. The third kappa shape index (κ3) is 4.08. The molecule has 4 nitrogen and oxygen atoms in total. The lowest BCUT2D eigenvalue weighted by molar-refractivity contribution is 0.189. The maximum Gasteiger partial charge on any atom is 0.262 e. The van der Waals surface area contributed by atoms with E-state index in [2.05, 4.69) is 18.8 Å². The van der Waals surface area contributed by atoms with E-state index in [0.29, 0.717) is 24.5 Å². The van der Waals surface area contributed by atoms with Crippen molar-refractivity contribution >= 4 is 22.7 Å². The van der Waals surface area contributed by atoms with Crippen molar-refractivity contribution < 1.29 is 4.74 Å². The summed E-state index contributed by atoms with van der Waals surface area (Å²) in [6.07, 6.45) is 0.811. The minimum Gasteiger partial charge on any atom is -0.385 e. The van der Waals surface area contributed by atoms with Crippen LogP contribution < -0.4 is 5.56 Å². The zero-order valence-electron chi connectivity index (χ0n) is 12.8. The number of thioether (sulfide) groups is 1. The Morgan fingerprint density at radius 2 is 2.10 bits per heavy atom. The molecule has 0 amide bonds. The van der Waals surface area contributed by atoms with Crippen LogP contribution in [0.1, 0.15) is 20.3 Å². The predicted molar refractivity (Wildman–Crippen MR) is 88.1 cm³/mol. The van der Waals surface area contributed by atoms with Crippen LogP contribution in [-0.2, 0) is 11.3 Å². The number of aromatic nitrogens is 2. The van der Waals surface area contributed by atoms with E-state index in [1.165, 1.54) is 0 Å². The summed E-state index contributed by atoms with van der Waals surface area (Å²) in [5, 5.41) is 1.49. The molecule has 0 fully saturated rings. The number of para-hydroxylation sites is 1. The normalized spacial score (nSPS) is 11.4. The third-order valence-electron chi connectivity index (χ3n) is 3.10. The smallest absolute Gasteiger partial charge is 0.262 e. The van der Waals surface area contributed by atoms with Gasteiger partial charge in [-0.2, -0.15) is 0 Å². The number of benzene rings is 1. The van der Waals surface area contributed by atoms with Crippen molar-refractivity contribution in [1.29, 1.82) is 0 Å². The molecule has 1 aromatic heterocycles. The minimum absolute atomic E-state index is 0.0444. The van der Waals surface area contributed by atoms with Crippen molar-refractivity contribution in [2.45, 2.75) is 32.0 Å². The largest absolute Gasteiger partial charge is 0.385 e. The van der Waals surface area contributed by atoms with E-state index < -0.39 is 0 Å². The molecule has 1 heterocycles. The number of hydrogen-bond donors (Lipinski definition) is 0. The Kier molecular flexibility index (Phi) is 5.82. The lowest BCUT2D eigenvalue weighted by Gasteiger charge is -2.13. The summed E-state index contributed by atoms with van der Waals surface area (Å²) in [7, 11) is 1.68. The molecule has 0 saturated carbocycles. The van der Waals surface area contributed by atoms with Gasteiger partial charge in [0.15, 0.2) is 5.16 Å². The SMILES string of the molecule is COCCCn1c(SCC(C)C)nc2ccccc2c1=O.